The first-order chi connectivity index (χ1) is 39.1. The van der Waals surface area contributed by atoms with Crippen LogP contribution in [0.1, 0.15) is 66.0 Å². The van der Waals surface area contributed by atoms with Gasteiger partial charge in [-0.05, 0) is 143 Å². The van der Waals surface area contributed by atoms with Crippen molar-refractivity contribution in [2.45, 2.75) is 67.3 Å². The number of carbonyl (C=O) groups excluding carboxylic acids is 1. The molecule has 0 aliphatic carbocycles. The number of methoxy groups -OCH3 is 1. The van der Waals surface area contributed by atoms with Gasteiger partial charge in [-0.25, -0.2) is 4.79 Å². The third-order valence-corrected chi connectivity index (χ3v) is 13.9. The van der Waals surface area contributed by atoms with Crippen LogP contribution in [0.3, 0.4) is 0 Å². The molecule has 8 nitrogen and oxygen atoms in total. The topological polar surface area (TPSA) is 81.7 Å². The number of hydrogen-bond acceptors (Lipinski definition) is 8. The second kappa shape index (κ2) is 25.7. The standard InChI is InChI=1S/C72H64O8/c1-49-6-14-53(15-7-49)43-75-66-37-34-63(40-69(66)78-46-55-18-10-51(3)11-19-55)59-26-22-57(23-27-59)45-77-68-39-36-65(61-30-32-62(33-31-61)72(73)74-5)42-71(68)80-48-58-24-28-60(29-25-58)64-35-38-67(76-44-54-16-8-50(2)9-17-54)70(41-64)79-47-56-20-12-52(4)13-21-56/h6-42H,43-48H2,1-5H3. The SMILES string of the molecule is COC(=O)c1ccc(-c2ccc(OCc3ccc(-c4ccc(OCc5ccc(C)cc5)c(OCc5ccc(C)cc5)c4)cc3)c(OCc3ccc(-c4ccc(OCc5ccc(C)cc5)c(OCc5ccc(C)cc5)c4)cc3)c2)cc1. The van der Waals surface area contributed by atoms with Gasteiger partial charge in [0.1, 0.15) is 39.6 Å². The van der Waals surface area contributed by atoms with Gasteiger partial charge in [-0.3, -0.25) is 0 Å². The number of benzene rings is 10. The van der Waals surface area contributed by atoms with Crippen LogP contribution < -0.4 is 28.4 Å². The molecule has 0 aliphatic heterocycles. The molecule has 0 atom stereocenters. The second-order valence-electron chi connectivity index (χ2n) is 20.1. The maximum Gasteiger partial charge on any atom is 0.337 e. The van der Waals surface area contributed by atoms with Crippen molar-refractivity contribution in [1.82, 2.24) is 0 Å². The number of carbonyl (C=O) groups is 1. The average Bonchev–Trinajstić information content (AvgIpc) is 3.50. The fourth-order valence-corrected chi connectivity index (χ4v) is 8.97. The van der Waals surface area contributed by atoms with Crippen LogP contribution in [0.5, 0.6) is 34.5 Å². The van der Waals surface area contributed by atoms with Gasteiger partial charge < -0.3 is 33.2 Å². The van der Waals surface area contributed by atoms with Gasteiger partial charge in [0.25, 0.3) is 0 Å². The van der Waals surface area contributed by atoms with Crippen molar-refractivity contribution >= 4 is 5.97 Å². The highest BCUT2D eigenvalue weighted by Crippen LogP contribution is 2.38. The minimum atomic E-state index is -0.389. The first kappa shape index (κ1) is 53.9. The van der Waals surface area contributed by atoms with E-state index in [9.17, 15) is 4.79 Å². The van der Waals surface area contributed by atoms with Crippen molar-refractivity contribution in [3.63, 3.8) is 0 Å². The van der Waals surface area contributed by atoms with Crippen LogP contribution in [0.2, 0.25) is 0 Å². The largest absolute Gasteiger partial charge is 0.485 e. The molecule has 0 fully saturated rings. The van der Waals surface area contributed by atoms with E-state index in [2.05, 4.69) is 185 Å². The highest BCUT2D eigenvalue weighted by atomic mass is 16.5. The van der Waals surface area contributed by atoms with Gasteiger partial charge in [0.15, 0.2) is 34.5 Å². The molecular formula is C72H64O8. The van der Waals surface area contributed by atoms with Crippen LogP contribution in [0.15, 0.2) is 224 Å². The summed E-state index contributed by atoms with van der Waals surface area (Å²) in [5.74, 6) is 3.50. The highest BCUT2D eigenvalue weighted by Gasteiger charge is 2.15. The second-order valence-corrected chi connectivity index (χ2v) is 20.1. The van der Waals surface area contributed by atoms with E-state index in [0.717, 1.165) is 66.8 Å². The number of esters is 1. The Morgan fingerprint density at radius 1 is 0.263 bits per heavy atom. The van der Waals surface area contributed by atoms with E-state index in [1.165, 1.54) is 29.4 Å². The summed E-state index contributed by atoms with van der Waals surface area (Å²) in [6, 6.07) is 75.6. The summed E-state index contributed by atoms with van der Waals surface area (Å²) in [6.07, 6.45) is 0. The predicted octanol–water partition coefficient (Wildman–Crippen LogP) is 17.2. The van der Waals surface area contributed by atoms with Gasteiger partial charge >= 0.3 is 5.97 Å². The summed E-state index contributed by atoms with van der Waals surface area (Å²) in [5, 5.41) is 0. The summed E-state index contributed by atoms with van der Waals surface area (Å²) in [6.45, 7) is 10.6. The molecule has 0 amide bonds. The third kappa shape index (κ3) is 14.3. The Bertz CT molecular complexity index is 3640. The molecule has 0 bridgehead atoms. The van der Waals surface area contributed by atoms with Crippen molar-refractivity contribution < 1.29 is 38.0 Å². The molecule has 80 heavy (non-hydrogen) atoms. The quantitative estimate of drug-likeness (QED) is 0.0621. The van der Waals surface area contributed by atoms with Gasteiger partial charge in [0.2, 0.25) is 0 Å². The summed E-state index contributed by atoms with van der Waals surface area (Å²) < 4.78 is 43.7. The molecule has 0 spiro atoms. The van der Waals surface area contributed by atoms with Crippen LogP contribution in [-0.4, -0.2) is 13.1 Å². The summed E-state index contributed by atoms with van der Waals surface area (Å²) >= 11 is 0. The van der Waals surface area contributed by atoms with E-state index in [0.29, 0.717) is 79.7 Å². The lowest BCUT2D eigenvalue weighted by molar-refractivity contribution is 0.0600. The van der Waals surface area contributed by atoms with E-state index < -0.39 is 0 Å². The van der Waals surface area contributed by atoms with Gasteiger partial charge in [-0.15, -0.1) is 0 Å². The molecule has 0 saturated heterocycles. The van der Waals surface area contributed by atoms with Crippen LogP contribution in [0, 0.1) is 27.7 Å². The lowest BCUT2D eigenvalue weighted by Crippen LogP contribution is -2.02. The van der Waals surface area contributed by atoms with Gasteiger partial charge in [-0.1, -0.05) is 198 Å². The van der Waals surface area contributed by atoms with E-state index in [-0.39, 0.29) is 5.97 Å². The Morgan fingerprint density at radius 3 is 0.725 bits per heavy atom. The molecule has 0 aromatic heterocycles. The minimum absolute atomic E-state index is 0.291. The van der Waals surface area contributed by atoms with Crippen molar-refractivity contribution in [2.24, 2.45) is 0 Å². The molecule has 0 unspecified atom stereocenters. The Balaban J connectivity index is 0.844. The number of aryl methyl sites for hydroxylation is 4. The molecule has 10 rings (SSSR count). The maximum absolute atomic E-state index is 12.2. The fourth-order valence-electron chi connectivity index (χ4n) is 8.97. The van der Waals surface area contributed by atoms with E-state index in [1.54, 1.807) is 12.1 Å². The molecule has 0 saturated carbocycles. The first-order valence-corrected chi connectivity index (χ1v) is 26.9. The fraction of sp³-hybridized carbons (Fsp3) is 0.153. The highest BCUT2D eigenvalue weighted by molar-refractivity contribution is 5.90. The Labute approximate surface area is 469 Å². The summed E-state index contributed by atoms with van der Waals surface area (Å²) in [7, 11) is 1.38. The van der Waals surface area contributed by atoms with Crippen molar-refractivity contribution in [2.75, 3.05) is 7.11 Å². The smallest absolute Gasteiger partial charge is 0.337 e. The van der Waals surface area contributed by atoms with Crippen molar-refractivity contribution in [3.8, 4) is 67.9 Å². The van der Waals surface area contributed by atoms with Crippen LogP contribution in [-0.2, 0) is 44.4 Å². The van der Waals surface area contributed by atoms with Crippen LogP contribution in [0.4, 0.5) is 0 Å². The lowest BCUT2D eigenvalue weighted by Gasteiger charge is -2.16. The van der Waals surface area contributed by atoms with Gasteiger partial charge in [0, 0.05) is 0 Å². The van der Waals surface area contributed by atoms with E-state index in [4.69, 9.17) is 33.2 Å². The first-order valence-electron chi connectivity index (χ1n) is 26.9. The zero-order valence-corrected chi connectivity index (χ0v) is 45.9. The molecule has 10 aromatic rings. The lowest BCUT2D eigenvalue weighted by atomic mass is 10.0. The molecule has 0 aliphatic rings. The monoisotopic (exact) mass is 1060 g/mol. The van der Waals surface area contributed by atoms with Gasteiger partial charge in [-0.2, -0.15) is 0 Å². The average molecular weight is 1060 g/mol. The molecule has 0 radical (unpaired) electrons. The van der Waals surface area contributed by atoms with Gasteiger partial charge in [0.05, 0.1) is 12.7 Å². The Morgan fingerprint density at radius 2 is 0.475 bits per heavy atom. The molecule has 400 valence electrons. The molecule has 8 heteroatoms. The minimum Gasteiger partial charge on any atom is -0.485 e. The van der Waals surface area contributed by atoms with E-state index in [1.807, 2.05) is 54.6 Å². The third-order valence-electron chi connectivity index (χ3n) is 13.9. The van der Waals surface area contributed by atoms with Crippen molar-refractivity contribution in [3.05, 3.63) is 286 Å². The Kier molecular flexibility index (Phi) is 17.3. The molecule has 10 aromatic carbocycles. The number of hydrogen-bond donors (Lipinski definition) is 0. The number of ether oxygens (including phenoxy) is 7. The Hall–Kier alpha value is -9.53. The summed E-state index contributed by atoms with van der Waals surface area (Å²) in [5.41, 5.74) is 17.5. The normalized spacial score (nSPS) is 10.9. The summed E-state index contributed by atoms with van der Waals surface area (Å²) in [4.78, 5) is 12.2. The molecule has 0 heterocycles. The van der Waals surface area contributed by atoms with Crippen LogP contribution >= 0.6 is 0 Å². The van der Waals surface area contributed by atoms with Crippen LogP contribution in [0.25, 0.3) is 33.4 Å². The predicted molar refractivity (Wildman–Crippen MR) is 318 cm³/mol. The van der Waals surface area contributed by atoms with E-state index >= 15 is 0 Å². The zero-order valence-electron chi connectivity index (χ0n) is 45.9. The molecular weight excluding hydrogens is 993 g/mol. The molecule has 0 N–H and O–H groups in total. The maximum atomic E-state index is 12.2. The number of rotatable bonds is 22. The zero-order chi connectivity index (χ0) is 55.2. The van der Waals surface area contributed by atoms with Crippen molar-refractivity contribution in [1.29, 1.82) is 0 Å².